The number of benzene rings is 2. The first-order chi connectivity index (χ1) is 9.75. The summed E-state index contributed by atoms with van der Waals surface area (Å²) < 4.78 is 0. The molecule has 2 aromatic rings. The van der Waals surface area contributed by atoms with Crippen molar-refractivity contribution in [1.29, 1.82) is 0 Å². The van der Waals surface area contributed by atoms with Gasteiger partial charge in [-0.3, -0.25) is 0 Å². The van der Waals surface area contributed by atoms with Crippen molar-refractivity contribution in [2.45, 2.75) is 23.1 Å². The minimum Gasteiger partial charge on any atom is -0.384 e. The number of hydrogen-bond donors (Lipinski definition) is 1. The van der Waals surface area contributed by atoms with E-state index >= 15 is 0 Å². The summed E-state index contributed by atoms with van der Waals surface area (Å²) in [6, 6.07) is 17.0. The SMILES string of the molecule is CC(Cl)c1ccccc1NCC1CSc2ccccc21. The van der Waals surface area contributed by atoms with Crippen molar-refractivity contribution >= 4 is 29.1 Å². The molecule has 0 spiro atoms. The normalized spacial score (nSPS) is 18.6. The van der Waals surface area contributed by atoms with Gasteiger partial charge in [0.25, 0.3) is 0 Å². The molecule has 2 unspecified atom stereocenters. The molecule has 0 saturated carbocycles. The van der Waals surface area contributed by atoms with Crippen LogP contribution in [0.4, 0.5) is 5.69 Å². The molecule has 1 aliphatic rings. The van der Waals surface area contributed by atoms with Gasteiger partial charge in [-0.05, 0) is 30.2 Å². The fourth-order valence-corrected chi connectivity index (χ4v) is 4.08. The van der Waals surface area contributed by atoms with Crippen molar-refractivity contribution in [2.75, 3.05) is 17.6 Å². The van der Waals surface area contributed by atoms with E-state index in [1.54, 1.807) is 0 Å². The van der Waals surface area contributed by atoms with Crippen LogP contribution in [-0.2, 0) is 0 Å². The van der Waals surface area contributed by atoms with Crippen LogP contribution in [0.25, 0.3) is 0 Å². The Morgan fingerprint density at radius 1 is 1.20 bits per heavy atom. The number of hydrogen-bond acceptors (Lipinski definition) is 2. The fourth-order valence-electron chi connectivity index (χ4n) is 2.64. The third-order valence-electron chi connectivity index (χ3n) is 3.73. The van der Waals surface area contributed by atoms with E-state index in [2.05, 4.69) is 47.8 Å². The highest BCUT2D eigenvalue weighted by atomic mass is 35.5. The van der Waals surface area contributed by atoms with Crippen LogP contribution in [0.5, 0.6) is 0 Å². The van der Waals surface area contributed by atoms with Gasteiger partial charge >= 0.3 is 0 Å². The summed E-state index contributed by atoms with van der Waals surface area (Å²) in [5.74, 6) is 1.74. The summed E-state index contributed by atoms with van der Waals surface area (Å²) in [7, 11) is 0. The lowest BCUT2D eigenvalue weighted by molar-refractivity contribution is 0.817. The highest BCUT2D eigenvalue weighted by molar-refractivity contribution is 7.99. The van der Waals surface area contributed by atoms with Gasteiger partial charge in [0, 0.05) is 28.8 Å². The average molecular weight is 304 g/mol. The molecule has 0 radical (unpaired) electrons. The first-order valence-corrected chi connectivity index (χ1v) is 8.36. The second kappa shape index (κ2) is 6.11. The second-order valence-electron chi connectivity index (χ2n) is 5.13. The number of thioether (sulfide) groups is 1. The Balaban J connectivity index is 1.72. The van der Waals surface area contributed by atoms with E-state index in [0.29, 0.717) is 5.92 Å². The molecule has 0 aliphatic carbocycles. The Labute approximate surface area is 129 Å². The smallest absolute Gasteiger partial charge is 0.0577 e. The molecule has 3 rings (SSSR count). The number of nitrogens with one attached hydrogen (secondary N) is 1. The van der Waals surface area contributed by atoms with Gasteiger partial charge in [-0.2, -0.15) is 0 Å². The van der Waals surface area contributed by atoms with Gasteiger partial charge in [-0.1, -0.05) is 36.4 Å². The highest BCUT2D eigenvalue weighted by Crippen LogP contribution is 2.39. The van der Waals surface area contributed by atoms with E-state index < -0.39 is 0 Å². The molecule has 1 aliphatic heterocycles. The summed E-state index contributed by atoms with van der Waals surface area (Å²) >= 11 is 8.20. The van der Waals surface area contributed by atoms with Gasteiger partial charge in [0.15, 0.2) is 0 Å². The van der Waals surface area contributed by atoms with E-state index in [4.69, 9.17) is 11.6 Å². The van der Waals surface area contributed by atoms with Crippen LogP contribution in [0.15, 0.2) is 53.4 Å². The maximum absolute atomic E-state index is 6.24. The van der Waals surface area contributed by atoms with E-state index in [0.717, 1.165) is 18.0 Å². The summed E-state index contributed by atoms with van der Waals surface area (Å²) in [6.07, 6.45) is 0. The van der Waals surface area contributed by atoms with E-state index in [1.807, 2.05) is 24.8 Å². The predicted octanol–water partition coefficient (Wildman–Crippen LogP) is 5.29. The molecule has 2 aromatic carbocycles. The van der Waals surface area contributed by atoms with Crippen molar-refractivity contribution in [2.24, 2.45) is 0 Å². The van der Waals surface area contributed by atoms with Crippen molar-refractivity contribution in [3.63, 3.8) is 0 Å². The van der Waals surface area contributed by atoms with Gasteiger partial charge in [0.2, 0.25) is 0 Å². The molecule has 3 heteroatoms. The number of anilines is 1. The molecule has 104 valence electrons. The number of rotatable bonds is 4. The molecular formula is C17H18ClNS. The van der Waals surface area contributed by atoms with Crippen LogP contribution in [-0.4, -0.2) is 12.3 Å². The first kappa shape index (κ1) is 13.8. The van der Waals surface area contributed by atoms with Crippen molar-refractivity contribution in [3.8, 4) is 0 Å². The Morgan fingerprint density at radius 3 is 2.80 bits per heavy atom. The van der Waals surface area contributed by atoms with E-state index in [9.17, 15) is 0 Å². The summed E-state index contributed by atoms with van der Waals surface area (Å²) in [5.41, 5.74) is 3.80. The summed E-state index contributed by atoms with van der Waals surface area (Å²) in [6.45, 7) is 2.98. The first-order valence-electron chi connectivity index (χ1n) is 6.94. The monoisotopic (exact) mass is 303 g/mol. The standard InChI is InChI=1S/C17H18ClNS/c1-12(18)14-6-2-4-8-16(14)19-10-13-11-20-17-9-5-3-7-15(13)17/h2-9,12-13,19H,10-11H2,1H3. The van der Waals surface area contributed by atoms with Crippen LogP contribution >= 0.6 is 23.4 Å². The minimum atomic E-state index is 0.0314. The Bertz CT molecular complexity index is 597. The lowest BCUT2D eigenvalue weighted by Crippen LogP contribution is -2.13. The molecule has 1 heterocycles. The molecular weight excluding hydrogens is 286 g/mol. The Morgan fingerprint density at radius 2 is 1.95 bits per heavy atom. The topological polar surface area (TPSA) is 12.0 Å². The zero-order chi connectivity index (χ0) is 13.9. The lowest BCUT2D eigenvalue weighted by atomic mass is 10.0. The van der Waals surface area contributed by atoms with Crippen molar-refractivity contribution in [3.05, 3.63) is 59.7 Å². The maximum atomic E-state index is 6.24. The lowest BCUT2D eigenvalue weighted by Gasteiger charge is -2.17. The minimum absolute atomic E-state index is 0.0314. The average Bonchev–Trinajstić information content (AvgIpc) is 2.88. The molecule has 0 bridgehead atoms. The van der Waals surface area contributed by atoms with Gasteiger partial charge in [0.05, 0.1) is 5.38 Å². The van der Waals surface area contributed by atoms with Crippen LogP contribution in [0.1, 0.15) is 29.3 Å². The van der Waals surface area contributed by atoms with E-state index in [1.165, 1.54) is 16.0 Å². The molecule has 1 N–H and O–H groups in total. The molecule has 20 heavy (non-hydrogen) atoms. The number of para-hydroxylation sites is 1. The van der Waals surface area contributed by atoms with Crippen molar-refractivity contribution in [1.82, 2.24) is 0 Å². The van der Waals surface area contributed by atoms with Crippen LogP contribution < -0.4 is 5.32 Å². The molecule has 0 saturated heterocycles. The molecule has 0 fully saturated rings. The largest absolute Gasteiger partial charge is 0.384 e. The Kier molecular flexibility index (Phi) is 4.23. The molecule has 2 atom stereocenters. The number of fused-ring (bicyclic) bond motifs is 1. The van der Waals surface area contributed by atoms with Crippen LogP contribution in [0.3, 0.4) is 0 Å². The third kappa shape index (κ3) is 2.82. The van der Waals surface area contributed by atoms with Crippen molar-refractivity contribution < 1.29 is 0 Å². The van der Waals surface area contributed by atoms with Crippen LogP contribution in [0, 0.1) is 0 Å². The Hall–Kier alpha value is -1.12. The second-order valence-corrected chi connectivity index (χ2v) is 6.85. The number of halogens is 1. The fraction of sp³-hybridized carbons (Fsp3) is 0.294. The third-order valence-corrected chi connectivity index (χ3v) is 5.21. The number of alkyl halides is 1. The highest BCUT2D eigenvalue weighted by Gasteiger charge is 2.22. The van der Waals surface area contributed by atoms with Gasteiger partial charge in [-0.15, -0.1) is 23.4 Å². The summed E-state index contributed by atoms with van der Waals surface area (Å²) in [4.78, 5) is 1.43. The van der Waals surface area contributed by atoms with Gasteiger partial charge in [0.1, 0.15) is 0 Å². The van der Waals surface area contributed by atoms with Gasteiger partial charge in [-0.25, -0.2) is 0 Å². The van der Waals surface area contributed by atoms with E-state index in [-0.39, 0.29) is 5.38 Å². The predicted molar refractivity (Wildman–Crippen MR) is 89.1 cm³/mol. The molecule has 1 nitrogen and oxygen atoms in total. The quantitative estimate of drug-likeness (QED) is 0.770. The van der Waals surface area contributed by atoms with Crippen LogP contribution in [0.2, 0.25) is 0 Å². The summed E-state index contributed by atoms with van der Waals surface area (Å²) in [5, 5.41) is 3.61. The maximum Gasteiger partial charge on any atom is 0.0577 e. The molecule has 0 aromatic heterocycles. The zero-order valence-corrected chi connectivity index (χ0v) is 13.0. The molecule has 0 amide bonds. The van der Waals surface area contributed by atoms with Gasteiger partial charge < -0.3 is 5.32 Å². The zero-order valence-electron chi connectivity index (χ0n) is 11.5.